The summed E-state index contributed by atoms with van der Waals surface area (Å²) in [4.78, 5) is 17.6. The number of aromatic amines is 1. The first kappa shape index (κ1) is 14.7. The van der Waals surface area contributed by atoms with Gasteiger partial charge >= 0.3 is 0 Å². The molecular formula is C14H20N4OS. The maximum absolute atomic E-state index is 12.2. The van der Waals surface area contributed by atoms with Gasteiger partial charge in [-0.3, -0.25) is 9.89 Å². The molecule has 0 aliphatic carbocycles. The number of aromatic nitrogens is 3. The van der Waals surface area contributed by atoms with Gasteiger partial charge in [-0.15, -0.1) is 16.4 Å². The number of thiophene rings is 1. The van der Waals surface area contributed by atoms with Crippen molar-refractivity contribution in [1.29, 1.82) is 0 Å². The van der Waals surface area contributed by atoms with E-state index in [0.29, 0.717) is 0 Å². The van der Waals surface area contributed by atoms with Crippen molar-refractivity contribution < 1.29 is 4.79 Å². The molecule has 108 valence electrons. The third-order valence-corrected chi connectivity index (χ3v) is 4.01. The monoisotopic (exact) mass is 292 g/mol. The number of H-pyrrole nitrogens is 1. The zero-order valence-corrected chi connectivity index (χ0v) is 12.8. The molecule has 0 aromatic carbocycles. The predicted octanol–water partition coefficient (Wildman–Crippen LogP) is 3.26. The van der Waals surface area contributed by atoms with Crippen LogP contribution in [-0.4, -0.2) is 21.1 Å². The van der Waals surface area contributed by atoms with Crippen molar-refractivity contribution in [3.05, 3.63) is 34.0 Å². The number of nitrogens with zero attached hydrogens (tertiary/aromatic N) is 2. The van der Waals surface area contributed by atoms with E-state index < -0.39 is 0 Å². The number of nitrogens with one attached hydrogen (secondary N) is 2. The Kier molecular flexibility index (Phi) is 4.89. The largest absolute Gasteiger partial charge is 0.342 e. The third-order valence-electron chi connectivity index (χ3n) is 3.02. The molecule has 5 nitrogen and oxygen atoms in total. The first-order valence-corrected chi connectivity index (χ1v) is 7.76. The quantitative estimate of drug-likeness (QED) is 0.858. The number of hydrogen-bond acceptors (Lipinski definition) is 4. The van der Waals surface area contributed by atoms with Crippen LogP contribution in [0.5, 0.6) is 0 Å². The van der Waals surface area contributed by atoms with Crippen LogP contribution >= 0.6 is 11.3 Å². The van der Waals surface area contributed by atoms with Gasteiger partial charge in [0.05, 0.1) is 6.04 Å². The molecule has 0 aliphatic rings. The number of carbonyl (C=O) groups is 1. The summed E-state index contributed by atoms with van der Waals surface area (Å²) in [5.41, 5.74) is 0. The van der Waals surface area contributed by atoms with E-state index in [0.717, 1.165) is 18.7 Å². The third kappa shape index (κ3) is 3.45. The fourth-order valence-electron chi connectivity index (χ4n) is 1.92. The molecule has 6 heteroatoms. The van der Waals surface area contributed by atoms with E-state index in [2.05, 4.69) is 27.4 Å². The minimum absolute atomic E-state index is 0.0356. The average molecular weight is 292 g/mol. The fraction of sp³-hybridized carbons (Fsp3) is 0.500. The van der Waals surface area contributed by atoms with Crippen molar-refractivity contribution in [2.45, 2.75) is 45.6 Å². The molecule has 2 heterocycles. The van der Waals surface area contributed by atoms with Gasteiger partial charge in [0.2, 0.25) is 5.82 Å². The number of hydrogen-bond donors (Lipinski definition) is 2. The second kappa shape index (κ2) is 6.65. The van der Waals surface area contributed by atoms with Gasteiger partial charge in [0.25, 0.3) is 5.91 Å². The highest BCUT2D eigenvalue weighted by Gasteiger charge is 2.19. The minimum Gasteiger partial charge on any atom is -0.342 e. The molecule has 0 bridgehead atoms. The molecule has 0 spiro atoms. The number of amides is 1. The summed E-state index contributed by atoms with van der Waals surface area (Å²) in [6, 6.07) is 4.08. The molecule has 1 unspecified atom stereocenters. The molecule has 2 N–H and O–H groups in total. The standard InChI is InChI=1S/C14H20N4OS/c1-4-6-10(11-7-5-8-20-11)15-14(19)13-16-12(9(2)3)17-18-13/h5,7-10H,4,6H2,1-3H3,(H,15,19)(H,16,17,18). The molecule has 2 aromatic heterocycles. The molecule has 0 saturated carbocycles. The van der Waals surface area contributed by atoms with Crippen LogP contribution in [0.3, 0.4) is 0 Å². The zero-order valence-electron chi connectivity index (χ0n) is 12.0. The Bertz CT molecular complexity index is 547. The molecule has 1 atom stereocenters. The second-order valence-corrected chi connectivity index (χ2v) is 6.01. The molecule has 0 radical (unpaired) electrons. The Morgan fingerprint density at radius 1 is 1.50 bits per heavy atom. The van der Waals surface area contributed by atoms with Crippen LogP contribution in [0, 0.1) is 0 Å². The predicted molar refractivity (Wildman–Crippen MR) is 79.9 cm³/mol. The van der Waals surface area contributed by atoms with Crippen molar-refractivity contribution in [1.82, 2.24) is 20.5 Å². The van der Waals surface area contributed by atoms with Crippen molar-refractivity contribution in [2.75, 3.05) is 0 Å². The Labute approximate surface area is 122 Å². The van der Waals surface area contributed by atoms with Gasteiger partial charge in [-0.05, 0) is 17.9 Å². The van der Waals surface area contributed by atoms with E-state index >= 15 is 0 Å². The molecule has 0 fully saturated rings. The van der Waals surface area contributed by atoms with Gasteiger partial charge in [0.15, 0.2) is 0 Å². The first-order chi connectivity index (χ1) is 9.61. The van der Waals surface area contributed by atoms with Crippen LogP contribution in [0.4, 0.5) is 0 Å². The molecule has 0 aliphatic heterocycles. The summed E-state index contributed by atoms with van der Waals surface area (Å²) in [6.07, 6.45) is 1.92. The highest BCUT2D eigenvalue weighted by Crippen LogP contribution is 2.23. The molecule has 2 rings (SSSR count). The molecule has 2 aromatic rings. The average Bonchev–Trinajstić information content (AvgIpc) is 3.09. The highest BCUT2D eigenvalue weighted by atomic mass is 32.1. The molecule has 20 heavy (non-hydrogen) atoms. The highest BCUT2D eigenvalue weighted by molar-refractivity contribution is 7.10. The van der Waals surface area contributed by atoms with Gasteiger partial charge in [-0.2, -0.15) is 0 Å². The first-order valence-electron chi connectivity index (χ1n) is 6.88. The Morgan fingerprint density at radius 3 is 2.85 bits per heavy atom. The van der Waals surface area contributed by atoms with Crippen LogP contribution in [-0.2, 0) is 0 Å². The van der Waals surface area contributed by atoms with Crippen LogP contribution in [0.2, 0.25) is 0 Å². The summed E-state index contributed by atoms with van der Waals surface area (Å²) in [5.74, 6) is 0.956. The van der Waals surface area contributed by atoms with Gasteiger partial charge in [0, 0.05) is 10.8 Å². The summed E-state index contributed by atoms with van der Waals surface area (Å²) in [5, 5.41) is 11.8. The number of carbonyl (C=O) groups excluding carboxylic acids is 1. The lowest BCUT2D eigenvalue weighted by atomic mass is 10.1. The van der Waals surface area contributed by atoms with E-state index in [-0.39, 0.29) is 23.7 Å². The summed E-state index contributed by atoms with van der Waals surface area (Å²) >= 11 is 1.65. The van der Waals surface area contributed by atoms with E-state index in [4.69, 9.17) is 0 Å². The van der Waals surface area contributed by atoms with Gasteiger partial charge in [-0.1, -0.05) is 33.3 Å². The van der Waals surface area contributed by atoms with Gasteiger partial charge < -0.3 is 5.32 Å². The SMILES string of the molecule is CCCC(NC(=O)c1n[nH]c(C(C)C)n1)c1cccs1. The van der Waals surface area contributed by atoms with Crippen molar-refractivity contribution in [2.24, 2.45) is 0 Å². The maximum atomic E-state index is 12.2. The van der Waals surface area contributed by atoms with Crippen molar-refractivity contribution >= 4 is 17.2 Å². The molecule has 0 saturated heterocycles. The van der Waals surface area contributed by atoms with E-state index in [1.807, 2.05) is 31.4 Å². The van der Waals surface area contributed by atoms with Crippen molar-refractivity contribution in [3.8, 4) is 0 Å². The van der Waals surface area contributed by atoms with Gasteiger partial charge in [0.1, 0.15) is 5.82 Å². The summed E-state index contributed by atoms with van der Waals surface area (Å²) in [6.45, 7) is 6.12. The van der Waals surface area contributed by atoms with Gasteiger partial charge in [-0.25, -0.2) is 4.98 Å². The number of rotatable bonds is 6. The second-order valence-electron chi connectivity index (χ2n) is 5.03. The molecule has 1 amide bonds. The van der Waals surface area contributed by atoms with Crippen LogP contribution < -0.4 is 5.32 Å². The van der Waals surface area contributed by atoms with Crippen LogP contribution in [0.15, 0.2) is 17.5 Å². The summed E-state index contributed by atoms with van der Waals surface area (Å²) in [7, 11) is 0. The maximum Gasteiger partial charge on any atom is 0.291 e. The zero-order chi connectivity index (χ0) is 14.5. The lowest BCUT2D eigenvalue weighted by Gasteiger charge is -2.15. The smallest absolute Gasteiger partial charge is 0.291 e. The molecular weight excluding hydrogens is 272 g/mol. The normalized spacial score (nSPS) is 12.6. The van der Waals surface area contributed by atoms with Crippen LogP contribution in [0.1, 0.15) is 66.9 Å². The Hall–Kier alpha value is -1.69. The Morgan fingerprint density at radius 2 is 2.30 bits per heavy atom. The fourth-order valence-corrected chi connectivity index (χ4v) is 2.73. The summed E-state index contributed by atoms with van der Waals surface area (Å²) < 4.78 is 0. The Balaban J connectivity index is 2.07. The van der Waals surface area contributed by atoms with E-state index in [9.17, 15) is 4.79 Å². The lowest BCUT2D eigenvalue weighted by Crippen LogP contribution is -2.29. The van der Waals surface area contributed by atoms with Crippen LogP contribution in [0.25, 0.3) is 0 Å². The lowest BCUT2D eigenvalue weighted by molar-refractivity contribution is 0.0925. The van der Waals surface area contributed by atoms with E-state index in [1.54, 1.807) is 11.3 Å². The topological polar surface area (TPSA) is 70.7 Å². The van der Waals surface area contributed by atoms with Crippen molar-refractivity contribution in [3.63, 3.8) is 0 Å². The van der Waals surface area contributed by atoms with E-state index in [1.165, 1.54) is 4.88 Å². The minimum atomic E-state index is -0.222.